The van der Waals surface area contributed by atoms with Gasteiger partial charge in [-0.25, -0.2) is 0 Å². The summed E-state index contributed by atoms with van der Waals surface area (Å²) in [6.07, 6.45) is -1.69. The molecule has 1 aliphatic heterocycles. The van der Waals surface area contributed by atoms with Gasteiger partial charge >= 0.3 is 6.18 Å². The number of nitrogens with zero attached hydrogens (tertiary/aromatic N) is 2. The van der Waals surface area contributed by atoms with E-state index >= 15 is 0 Å². The molecule has 0 saturated carbocycles. The van der Waals surface area contributed by atoms with E-state index in [0.717, 1.165) is 0 Å². The number of carbonyl (C=O) groups is 1. The largest absolute Gasteiger partial charge is 0.394 e. The molecular weight excluding hydrogens is 283 g/mol. The van der Waals surface area contributed by atoms with Crippen LogP contribution in [0.1, 0.15) is 0 Å². The smallest absolute Gasteiger partial charge is 0.369 e. The molecule has 0 aliphatic carbocycles. The first kappa shape index (κ1) is 13.9. The molecule has 0 unspecified atom stereocenters. The van der Waals surface area contributed by atoms with Crippen LogP contribution in [0.2, 0.25) is 5.02 Å². The number of amides is 1. The highest BCUT2D eigenvalue weighted by molar-refractivity contribution is 6.33. The minimum atomic E-state index is -4.46. The molecule has 1 saturated heterocycles. The molecule has 104 valence electrons. The summed E-state index contributed by atoms with van der Waals surface area (Å²) in [5.41, 5.74) is 5.48. The van der Waals surface area contributed by atoms with E-state index in [1.165, 1.54) is 23.4 Å². The van der Waals surface area contributed by atoms with Gasteiger partial charge in [0.25, 0.3) is 0 Å². The highest BCUT2D eigenvalue weighted by Gasteiger charge is 2.52. The van der Waals surface area contributed by atoms with Crippen molar-refractivity contribution in [1.29, 1.82) is 0 Å². The average molecular weight is 294 g/mol. The second kappa shape index (κ2) is 4.88. The molecule has 1 fully saturated rings. The normalized spacial score (nSPS) is 23.7. The Morgan fingerprint density at radius 3 is 2.63 bits per heavy atom. The summed E-state index contributed by atoms with van der Waals surface area (Å²) in [5.74, 6) is -3.98. The molecule has 0 bridgehead atoms. The number of anilines is 1. The molecule has 2 rings (SSSR count). The van der Waals surface area contributed by atoms with Crippen molar-refractivity contribution in [3.8, 4) is 0 Å². The lowest BCUT2D eigenvalue weighted by atomic mass is 9.95. The van der Waals surface area contributed by atoms with Crippen LogP contribution in [0, 0.1) is 11.8 Å². The van der Waals surface area contributed by atoms with E-state index in [2.05, 4.69) is 4.98 Å². The summed E-state index contributed by atoms with van der Waals surface area (Å²) in [7, 11) is 0. The highest BCUT2D eigenvalue weighted by Crippen LogP contribution is 2.40. The zero-order valence-electron chi connectivity index (χ0n) is 9.69. The Hall–Kier alpha value is -1.50. The number of carbonyl (C=O) groups excluding carboxylic acids is 1. The molecule has 1 aromatic rings. The van der Waals surface area contributed by atoms with Crippen LogP contribution in [0.15, 0.2) is 18.5 Å². The predicted molar refractivity (Wildman–Crippen MR) is 63.7 cm³/mol. The third-order valence-electron chi connectivity index (χ3n) is 3.20. The summed E-state index contributed by atoms with van der Waals surface area (Å²) in [6.45, 7) is -0.427. The van der Waals surface area contributed by atoms with Gasteiger partial charge in [-0.3, -0.25) is 9.78 Å². The number of primary amides is 1. The van der Waals surface area contributed by atoms with Crippen molar-refractivity contribution in [2.24, 2.45) is 17.6 Å². The SMILES string of the molecule is NC(=O)[C@@H]1CN(c2ccncc2Cl)C[C@H]1C(F)(F)F. The second-order valence-corrected chi connectivity index (χ2v) is 4.80. The quantitative estimate of drug-likeness (QED) is 0.905. The number of rotatable bonds is 2. The van der Waals surface area contributed by atoms with Crippen LogP contribution in [-0.4, -0.2) is 30.2 Å². The zero-order chi connectivity index (χ0) is 14.2. The number of hydrogen-bond donors (Lipinski definition) is 1. The summed E-state index contributed by atoms with van der Waals surface area (Å²) in [4.78, 5) is 16.4. The van der Waals surface area contributed by atoms with Crippen molar-refractivity contribution in [2.75, 3.05) is 18.0 Å². The maximum absolute atomic E-state index is 12.9. The summed E-state index contributed by atoms with van der Waals surface area (Å²) >= 11 is 5.89. The Balaban J connectivity index is 2.28. The van der Waals surface area contributed by atoms with Gasteiger partial charge in [-0.2, -0.15) is 13.2 Å². The number of nitrogens with two attached hydrogens (primary N) is 1. The highest BCUT2D eigenvalue weighted by atomic mass is 35.5. The fourth-order valence-corrected chi connectivity index (χ4v) is 2.48. The van der Waals surface area contributed by atoms with Gasteiger partial charge in [0.2, 0.25) is 5.91 Å². The molecule has 1 aromatic heterocycles. The molecule has 0 aromatic carbocycles. The molecule has 2 N–H and O–H groups in total. The van der Waals surface area contributed by atoms with Crippen LogP contribution < -0.4 is 10.6 Å². The van der Waals surface area contributed by atoms with Gasteiger partial charge in [0.05, 0.1) is 22.5 Å². The van der Waals surface area contributed by atoms with Crippen LogP contribution in [-0.2, 0) is 4.79 Å². The Labute approximate surface area is 112 Å². The van der Waals surface area contributed by atoms with Crippen LogP contribution in [0.5, 0.6) is 0 Å². The van der Waals surface area contributed by atoms with Crippen molar-refractivity contribution in [2.45, 2.75) is 6.18 Å². The summed E-state index contributed by atoms with van der Waals surface area (Å²) in [6, 6.07) is 1.51. The lowest BCUT2D eigenvalue weighted by Gasteiger charge is -2.20. The van der Waals surface area contributed by atoms with Crippen molar-refractivity contribution in [1.82, 2.24) is 4.98 Å². The van der Waals surface area contributed by atoms with E-state index in [1.54, 1.807) is 0 Å². The van der Waals surface area contributed by atoms with Crippen LogP contribution >= 0.6 is 11.6 Å². The second-order valence-electron chi connectivity index (χ2n) is 4.39. The molecular formula is C11H11ClF3N3O. The zero-order valence-corrected chi connectivity index (χ0v) is 10.4. The van der Waals surface area contributed by atoms with Crippen molar-refractivity contribution >= 4 is 23.2 Å². The molecule has 8 heteroatoms. The minimum Gasteiger partial charge on any atom is -0.369 e. The van der Waals surface area contributed by atoms with Crippen LogP contribution in [0.25, 0.3) is 0 Å². The van der Waals surface area contributed by atoms with Gasteiger partial charge in [-0.05, 0) is 6.07 Å². The van der Waals surface area contributed by atoms with Crippen molar-refractivity contribution in [3.63, 3.8) is 0 Å². The Kier molecular flexibility index (Phi) is 3.58. The predicted octanol–water partition coefficient (Wildman–Crippen LogP) is 1.83. The maximum atomic E-state index is 12.9. The fourth-order valence-electron chi connectivity index (χ4n) is 2.24. The van der Waals surface area contributed by atoms with Gasteiger partial charge in [0.1, 0.15) is 0 Å². The molecule has 2 atom stereocenters. The molecule has 0 radical (unpaired) electrons. The maximum Gasteiger partial charge on any atom is 0.394 e. The first-order valence-electron chi connectivity index (χ1n) is 5.51. The Morgan fingerprint density at radius 1 is 1.47 bits per heavy atom. The summed E-state index contributed by atoms with van der Waals surface area (Å²) < 4.78 is 38.6. The minimum absolute atomic E-state index is 0.0940. The number of aromatic nitrogens is 1. The van der Waals surface area contributed by atoms with Gasteiger partial charge in [-0.1, -0.05) is 11.6 Å². The van der Waals surface area contributed by atoms with E-state index in [4.69, 9.17) is 17.3 Å². The lowest BCUT2D eigenvalue weighted by Crippen LogP contribution is -2.37. The Bertz CT molecular complexity index is 494. The van der Waals surface area contributed by atoms with Gasteiger partial charge < -0.3 is 10.6 Å². The van der Waals surface area contributed by atoms with E-state index in [0.29, 0.717) is 5.69 Å². The number of alkyl halides is 3. The average Bonchev–Trinajstić information content (AvgIpc) is 2.74. The van der Waals surface area contributed by atoms with Gasteiger partial charge in [-0.15, -0.1) is 0 Å². The first-order valence-corrected chi connectivity index (χ1v) is 5.89. The van der Waals surface area contributed by atoms with Gasteiger partial charge in [0, 0.05) is 25.5 Å². The molecule has 1 amide bonds. The van der Waals surface area contributed by atoms with Crippen molar-refractivity contribution in [3.05, 3.63) is 23.5 Å². The number of hydrogen-bond acceptors (Lipinski definition) is 3. The third kappa shape index (κ3) is 2.75. The van der Waals surface area contributed by atoms with E-state index in [-0.39, 0.29) is 18.1 Å². The lowest BCUT2D eigenvalue weighted by molar-refractivity contribution is -0.181. The number of pyridine rings is 1. The fraction of sp³-hybridized carbons (Fsp3) is 0.455. The number of halogens is 4. The van der Waals surface area contributed by atoms with E-state index in [9.17, 15) is 18.0 Å². The molecule has 4 nitrogen and oxygen atoms in total. The molecule has 19 heavy (non-hydrogen) atoms. The first-order chi connectivity index (χ1) is 8.80. The molecule has 0 spiro atoms. The molecule has 1 aliphatic rings. The van der Waals surface area contributed by atoms with Crippen LogP contribution in [0.4, 0.5) is 18.9 Å². The third-order valence-corrected chi connectivity index (χ3v) is 3.49. The van der Waals surface area contributed by atoms with E-state index < -0.39 is 23.9 Å². The summed E-state index contributed by atoms with van der Waals surface area (Å²) in [5, 5.41) is 0.244. The topological polar surface area (TPSA) is 59.2 Å². The van der Waals surface area contributed by atoms with Gasteiger partial charge in [0.15, 0.2) is 0 Å². The monoisotopic (exact) mass is 293 g/mol. The standard InChI is InChI=1S/C11H11ClF3N3O/c12-8-3-17-2-1-9(8)18-4-6(10(16)19)7(5-18)11(13,14)15/h1-3,6-7H,4-5H2,(H2,16,19)/t6-,7-/m1/s1. The molecule has 2 heterocycles. The van der Waals surface area contributed by atoms with Crippen molar-refractivity contribution < 1.29 is 18.0 Å². The van der Waals surface area contributed by atoms with E-state index in [1.807, 2.05) is 0 Å². The van der Waals surface area contributed by atoms with Crippen LogP contribution in [0.3, 0.4) is 0 Å². The Morgan fingerprint density at radius 2 is 2.16 bits per heavy atom.